The van der Waals surface area contributed by atoms with Crippen LogP contribution in [0.2, 0.25) is 10.0 Å². The number of imidazole rings is 1. The van der Waals surface area contributed by atoms with Crippen LogP contribution >= 0.6 is 23.2 Å². The quantitative estimate of drug-likeness (QED) is 0.324. The number of fused-ring (bicyclic) bond motifs is 1. The number of carbonyl (C=O) groups is 1. The molecule has 3 aromatic rings. The van der Waals surface area contributed by atoms with Gasteiger partial charge in [-0.2, -0.15) is 4.98 Å². The molecular weight excluding hydrogens is 513 g/mol. The normalized spacial score (nSPS) is 25.6. The predicted octanol–water partition coefficient (Wildman–Crippen LogP) is 5.44. The number of nitrogens with two attached hydrogens (primary N) is 1. The minimum Gasteiger partial charge on any atom is -0.392 e. The van der Waals surface area contributed by atoms with Gasteiger partial charge in [0.25, 0.3) is 0 Å². The monoisotopic (exact) mass is 545 g/mol. The zero-order valence-corrected chi connectivity index (χ0v) is 22.6. The van der Waals surface area contributed by atoms with E-state index in [2.05, 4.69) is 34.0 Å². The predicted molar refractivity (Wildman–Crippen MR) is 146 cm³/mol. The van der Waals surface area contributed by atoms with Crippen LogP contribution in [-0.4, -0.2) is 42.7 Å². The van der Waals surface area contributed by atoms with E-state index in [0.29, 0.717) is 58.1 Å². The molecule has 0 saturated heterocycles. The van der Waals surface area contributed by atoms with Gasteiger partial charge in [0.05, 0.1) is 28.0 Å². The number of amides is 1. The first kappa shape index (κ1) is 26.0. The van der Waals surface area contributed by atoms with Crippen molar-refractivity contribution in [1.29, 1.82) is 0 Å². The number of aliphatic hydroxyl groups excluding tert-OH is 1. The molecule has 1 amide bonds. The second kappa shape index (κ2) is 10.3. The van der Waals surface area contributed by atoms with E-state index < -0.39 is 0 Å². The number of aliphatic hydroxyl groups is 1. The van der Waals surface area contributed by atoms with E-state index in [1.54, 1.807) is 24.4 Å². The van der Waals surface area contributed by atoms with E-state index in [-0.39, 0.29) is 35.4 Å². The molecule has 2 aromatic heterocycles. The molecule has 0 bridgehead atoms. The Balaban J connectivity index is 1.49. The highest BCUT2D eigenvalue weighted by atomic mass is 35.5. The van der Waals surface area contributed by atoms with Crippen molar-refractivity contribution in [3.63, 3.8) is 0 Å². The number of hydrogen-bond acceptors (Lipinski definition) is 7. The molecule has 2 fully saturated rings. The number of carbonyl (C=O) groups excluding carboxylic acids is 1. The summed E-state index contributed by atoms with van der Waals surface area (Å²) in [5.41, 5.74) is 7.37. The molecule has 0 radical (unpaired) electrons. The fourth-order valence-electron chi connectivity index (χ4n) is 5.47. The van der Waals surface area contributed by atoms with Crippen molar-refractivity contribution in [2.75, 3.05) is 10.6 Å². The minimum absolute atomic E-state index is 0.0596. The zero-order chi connectivity index (χ0) is 26.3. The molecule has 2 heterocycles. The summed E-state index contributed by atoms with van der Waals surface area (Å²) in [6.45, 7) is 4.20. The number of benzene rings is 1. The second-order valence-corrected chi connectivity index (χ2v) is 11.8. The molecular formula is C26H33Cl2N7O2. The summed E-state index contributed by atoms with van der Waals surface area (Å²) in [6, 6.07) is 5.47. The molecule has 1 aromatic carbocycles. The van der Waals surface area contributed by atoms with Crippen molar-refractivity contribution in [2.24, 2.45) is 17.1 Å². The highest BCUT2D eigenvalue weighted by Gasteiger charge is 2.35. The van der Waals surface area contributed by atoms with Gasteiger partial charge in [0.15, 0.2) is 5.65 Å². The second-order valence-electron chi connectivity index (χ2n) is 11.0. The Morgan fingerprint density at radius 2 is 1.84 bits per heavy atom. The summed E-state index contributed by atoms with van der Waals surface area (Å²) in [4.78, 5) is 25.9. The third-order valence-corrected chi connectivity index (χ3v) is 8.61. The molecule has 2 saturated carbocycles. The lowest BCUT2D eigenvalue weighted by molar-refractivity contribution is -0.122. The number of para-hydroxylation sites is 1. The lowest BCUT2D eigenvalue weighted by Gasteiger charge is -2.39. The van der Waals surface area contributed by atoms with Crippen molar-refractivity contribution in [3.8, 4) is 0 Å². The van der Waals surface area contributed by atoms with Crippen LogP contribution in [0, 0.1) is 11.3 Å². The summed E-state index contributed by atoms with van der Waals surface area (Å²) in [7, 11) is 0. The summed E-state index contributed by atoms with van der Waals surface area (Å²) >= 11 is 12.9. The van der Waals surface area contributed by atoms with Gasteiger partial charge in [-0.3, -0.25) is 9.36 Å². The van der Waals surface area contributed by atoms with Gasteiger partial charge in [0.1, 0.15) is 5.52 Å². The van der Waals surface area contributed by atoms with Crippen LogP contribution in [0.15, 0.2) is 24.4 Å². The van der Waals surface area contributed by atoms with Crippen LogP contribution in [0.4, 0.5) is 17.6 Å². The van der Waals surface area contributed by atoms with Crippen molar-refractivity contribution >= 4 is 57.9 Å². The average molecular weight is 547 g/mol. The van der Waals surface area contributed by atoms with E-state index in [1.165, 1.54) is 0 Å². The SMILES string of the molecule is CC1(C)CCC(Nc2ncc3nc(Nc4c(Cl)cccc4Cl)n(C4CCC(C(N)=O)CC4)c3n2)C[C@H]1O. The van der Waals surface area contributed by atoms with Crippen LogP contribution < -0.4 is 16.4 Å². The van der Waals surface area contributed by atoms with Crippen LogP contribution in [0.3, 0.4) is 0 Å². The Labute approximate surface area is 226 Å². The van der Waals surface area contributed by atoms with E-state index in [0.717, 1.165) is 25.7 Å². The Hall–Kier alpha value is -2.62. The lowest BCUT2D eigenvalue weighted by atomic mass is 9.73. The molecule has 37 heavy (non-hydrogen) atoms. The van der Waals surface area contributed by atoms with E-state index >= 15 is 0 Å². The maximum absolute atomic E-state index is 11.8. The Morgan fingerprint density at radius 3 is 2.49 bits per heavy atom. The number of anilines is 3. The van der Waals surface area contributed by atoms with Gasteiger partial charge in [-0.05, 0) is 62.5 Å². The van der Waals surface area contributed by atoms with Gasteiger partial charge in [-0.15, -0.1) is 0 Å². The molecule has 2 aliphatic carbocycles. The fraction of sp³-hybridized carbons (Fsp3) is 0.538. The van der Waals surface area contributed by atoms with Crippen LogP contribution in [0.1, 0.15) is 64.8 Å². The maximum atomic E-state index is 11.8. The molecule has 5 rings (SSSR count). The first-order valence-corrected chi connectivity index (χ1v) is 13.6. The number of halogens is 2. The van der Waals surface area contributed by atoms with Gasteiger partial charge >= 0.3 is 0 Å². The molecule has 2 aliphatic rings. The summed E-state index contributed by atoms with van der Waals surface area (Å²) < 4.78 is 2.07. The highest BCUT2D eigenvalue weighted by Crippen LogP contribution is 2.40. The molecule has 0 aliphatic heterocycles. The van der Waals surface area contributed by atoms with Crippen LogP contribution in [-0.2, 0) is 4.79 Å². The van der Waals surface area contributed by atoms with E-state index in [1.807, 2.05) is 0 Å². The van der Waals surface area contributed by atoms with Gasteiger partial charge in [-0.1, -0.05) is 43.1 Å². The Morgan fingerprint density at radius 1 is 1.14 bits per heavy atom. The van der Waals surface area contributed by atoms with Gasteiger partial charge in [0.2, 0.25) is 17.8 Å². The minimum atomic E-state index is -0.385. The van der Waals surface area contributed by atoms with Crippen molar-refractivity contribution in [2.45, 2.75) is 77.0 Å². The smallest absolute Gasteiger partial charge is 0.224 e. The van der Waals surface area contributed by atoms with Gasteiger partial charge in [0, 0.05) is 18.0 Å². The highest BCUT2D eigenvalue weighted by molar-refractivity contribution is 6.39. The van der Waals surface area contributed by atoms with Gasteiger partial charge in [-0.25, -0.2) is 9.97 Å². The number of primary amides is 1. The number of rotatable bonds is 6. The fourth-order valence-corrected chi connectivity index (χ4v) is 5.97. The Bertz CT molecular complexity index is 1280. The lowest BCUT2D eigenvalue weighted by Crippen LogP contribution is -2.41. The van der Waals surface area contributed by atoms with Crippen molar-refractivity contribution < 1.29 is 9.90 Å². The first-order chi connectivity index (χ1) is 17.6. The first-order valence-electron chi connectivity index (χ1n) is 12.8. The molecule has 9 nitrogen and oxygen atoms in total. The molecule has 11 heteroatoms. The summed E-state index contributed by atoms with van der Waals surface area (Å²) in [5, 5.41) is 18.3. The standard InChI is InChI=1S/C26H33Cl2N7O2/c1-26(2)11-10-15(12-20(26)36)31-24-30-13-19-23(34-24)35(16-8-6-14(7-9-16)22(29)37)25(32-19)33-21-17(27)4-3-5-18(21)28/h3-5,13-16,20,36H,6-12H2,1-2H3,(H2,29,37)(H,32,33)(H,30,31,34)/t14?,15?,16?,20-/m1/s1. The largest absolute Gasteiger partial charge is 0.392 e. The van der Waals surface area contributed by atoms with Crippen molar-refractivity contribution in [1.82, 2.24) is 19.5 Å². The summed E-state index contributed by atoms with van der Waals surface area (Å²) in [5.74, 6) is 0.698. The molecule has 1 unspecified atom stereocenters. The number of nitrogens with one attached hydrogen (secondary N) is 2. The zero-order valence-electron chi connectivity index (χ0n) is 21.0. The Kier molecular flexibility index (Phi) is 7.22. The van der Waals surface area contributed by atoms with E-state index in [9.17, 15) is 9.90 Å². The average Bonchev–Trinajstić information content (AvgIpc) is 3.21. The number of hydrogen-bond donors (Lipinski definition) is 4. The maximum Gasteiger partial charge on any atom is 0.224 e. The molecule has 5 N–H and O–H groups in total. The van der Waals surface area contributed by atoms with Gasteiger partial charge < -0.3 is 21.5 Å². The van der Waals surface area contributed by atoms with Crippen LogP contribution in [0.5, 0.6) is 0 Å². The number of nitrogens with zero attached hydrogens (tertiary/aromatic N) is 4. The third kappa shape index (κ3) is 5.35. The van der Waals surface area contributed by atoms with Crippen LogP contribution in [0.25, 0.3) is 11.2 Å². The summed E-state index contributed by atoms with van der Waals surface area (Å²) in [6.07, 6.45) is 6.75. The molecule has 0 spiro atoms. The van der Waals surface area contributed by atoms with Crippen molar-refractivity contribution in [3.05, 3.63) is 34.4 Å². The topological polar surface area (TPSA) is 131 Å². The van der Waals surface area contributed by atoms with E-state index in [4.69, 9.17) is 38.9 Å². The number of aromatic nitrogens is 4. The third-order valence-electron chi connectivity index (χ3n) is 7.98. The molecule has 2 atom stereocenters. The molecule has 198 valence electrons.